The fraction of sp³-hybridized carbons (Fsp3) is 0.455. The Kier molecular flexibility index (Phi) is 3.91. The molecule has 0 fully saturated rings. The van der Waals surface area contributed by atoms with E-state index in [-0.39, 0.29) is 4.88 Å². The number of nitriles is 1. The monoisotopic (exact) mass is 239 g/mol. The Morgan fingerprint density at radius 2 is 2.38 bits per heavy atom. The molecule has 0 aliphatic rings. The molecule has 0 bridgehead atoms. The SMILES string of the molecule is CC(C)(C#N)CCOc1csc(C(=O)O)c1. The Morgan fingerprint density at radius 1 is 1.69 bits per heavy atom. The smallest absolute Gasteiger partial charge is 0.346 e. The van der Waals surface area contributed by atoms with E-state index >= 15 is 0 Å². The second kappa shape index (κ2) is 4.99. The van der Waals surface area contributed by atoms with Gasteiger partial charge in [0.15, 0.2) is 0 Å². The lowest BCUT2D eigenvalue weighted by Gasteiger charge is -2.14. The number of aromatic carboxylic acids is 1. The van der Waals surface area contributed by atoms with Gasteiger partial charge in [-0.05, 0) is 20.3 Å². The van der Waals surface area contributed by atoms with Crippen molar-refractivity contribution in [3.63, 3.8) is 0 Å². The normalized spacial score (nSPS) is 10.8. The lowest BCUT2D eigenvalue weighted by Crippen LogP contribution is -2.12. The second-order valence-electron chi connectivity index (χ2n) is 4.05. The van der Waals surface area contributed by atoms with Crippen LogP contribution in [0.5, 0.6) is 5.75 Å². The van der Waals surface area contributed by atoms with E-state index in [0.29, 0.717) is 18.8 Å². The summed E-state index contributed by atoms with van der Waals surface area (Å²) in [6.07, 6.45) is 0.613. The van der Waals surface area contributed by atoms with Gasteiger partial charge in [-0.1, -0.05) is 0 Å². The summed E-state index contributed by atoms with van der Waals surface area (Å²) in [7, 11) is 0. The number of thiophene rings is 1. The van der Waals surface area contributed by atoms with Crippen molar-refractivity contribution in [2.75, 3.05) is 6.61 Å². The minimum Gasteiger partial charge on any atom is -0.493 e. The maximum Gasteiger partial charge on any atom is 0.346 e. The fourth-order valence-electron chi connectivity index (χ4n) is 0.987. The quantitative estimate of drug-likeness (QED) is 0.857. The van der Waals surface area contributed by atoms with E-state index in [1.54, 1.807) is 5.38 Å². The summed E-state index contributed by atoms with van der Waals surface area (Å²) in [4.78, 5) is 10.9. The highest BCUT2D eigenvalue weighted by molar-refractivity contribution is 7.12. The lowest BCUT2D eigenvalue weighted by molar-refractivity contribution is 0.0701. The van der Waals surface area contributed by atoms with Gasteiger partial charge in [-0.15, -0.1) is 11.3 Å². The molecule has 1 rings (SSSR count). The zero-order valence-electron chi connectivity index (χ0n) is 9.19. The zero-order valence-corrected chi connectivity index (χ0v) is 10.0. The summed E-state index contributed by atoms with van der Waals surface area (Å²) in [5.74, 6) is -0.395. The van der Waals surface area contributed by atoms with E-state index < -0.39 is 11.4 Å². The molecule has 4 nitrogen and oxygen atoms in total. The van der Waals surface area contributed by atoms with Crippen molar-refractivity contribution in [3.8, 4) is 11.8 Å². The number of carboxylic acid groups (broad SMARTS) is 1. The minimum absolute atomic E-state index is 0.259. The number of hydrogen-bond donors (Lipinski definition) is 1. The van der Waals surface area contributed by atoms with Crippen LogP contribution in [-0.2, 0) is 0 Å². The maximum atomic E-state index is 10.6. The van der Waals surface area contributed by atoms with Crippen molar-refractivity contribution in [2.24, 2.45) is 5.41 Å². The van der Waals surface area contributed by atoms with Crippen LogP contribution < -0.4 is 4.74 Å². The number of rotatable bonds is 5. The molecule has 0 atom stereocenters. The van der Waals surface area contributed by atoms with Crippen LogP contribution in [0.25, 0.3) is 0 Å². The van der Waals surface area contributed by atoms with Gasteiger partial charge in [-0.2, -0.15) is 5.26 Å². The summed E-state index contributed by atoms with van der Waals surface area (Å²) in [6.45, 7) is 4.09. The Hall–Kier alpha value is -1.54. The highest BCUT2D eigenvalue weighted by Crippen LogP contribution is 2.23. The summed E-state index contributed by atoms with van der Waals surface area (Å²) < 4.78 is 5.37. The third kappa shape index (κ3) is 3.55. The van der Waals surface area contributed by atoms with Gasteiger partial charge in [0.2, 0.25) is 0 Å². The van der Waals surface area contributed by atoms with Crippen LogP contribution in [0.2, 0.25) is 0 Å². The van der Waals surface area contributed by atoms with Gasteiger partial charge in [0.1, 0.15) is 10.6 Å². The summed E-state index contributed by atoms with van der Waals surface area (Å²) >= 11 is 1.13. The molecule has 86 valence electrons. The summed E-state index contributed by atoms with van der Waals surface area (Å²) in [5.41, 5.74) is -0.411. The molecule has 0 aliphatic heterocycles. The molecular weight excluding hydrogens is 226 g/mol. The largest absolute Gasteiger partial charge is 0.493 e. The lowest BCUT2D eigenvalue weighted by atomic mass is 9.92. The predicted octanol–water partition coefficient (Wildman–Crippen LogP) is 2.76. The molecule has 16 heavy (non-hydrogen) atoms. The van der Waals surface area contributed by atoms with Crippen molar-refractivity contribution < 1.29 is 14.6 Å². The number of hydrogen-bond acceptors (Lipinski definition) is 4. The van der Waals surface area contributed by atoms with E-state index in [0.717, 1.165) is 11.3 Å². The van der Waals surface area contributed by atoms with Crippen LogP contribution >= 0.6 is 11.3 Å². The van der Waals surface area contributed by atoms with Crippen LogP contribution in [0.4, 0.5) is 0 Å². The molecular formula is C11H13NO3S. The molecule has 0 aliphatic carbocycles. The Balaban J connectivity index is 2.44. The van der Waals surface area contributed by atoms with Crippen molar-refractivity contribution in [1.82, 2.24) is 0 Å². The number of nitrogens with zero attached hydrogens (tertiary/aromatic N) is 1. The van der Waals surface area contributed by atoms with Crippen molar-refractivity contribution >= 4 is 17.3 Å². The molecule has 5 heteroatoms. The molecule has 1 aromatic heterocycles. The molecule has 0 spiro atoms. The highest BCUT2D eigenvalue weighted by atomic mass is 32.1. The molecule has 0 aromatic carbocycles. The molecule has 1 heterocycles. The molecule has 0 unspecified atom stereocenters. The third-order valence-electron chi connectivity index (χ3n) is 2.08. The first kappa shape index (κ1) is 12.5. The summed E-state index contributed by atoms with van der Waals surface area (Å²) in [5, 5.41) is 19.1. The van der Waals surface area contributed by atoms with Gasteiger partial charge in [-0.25, -0.2) is 4.79 Å². The average molecular weight is 239 g/mol. The van der Waals surface area contributed by atoms with Crippen molar-refractivity contribution in [2.45, 2.75) is 20.3 Å². The van der Waals surface area contributed by atoms with Gasteiger partial charge in [-0.3, -0.25) is 0 Å². The van der Waals surface area contributed by atoms with E-state index in [9.17, 15) is 4.79 Å². The molecule has 0 radical (unpaired) electrons. The molecule has 0 saturated heterocycles. The van der Waals surface area contributed by atoms with Gasteiger partial charge in [0.25, 0.3) is 0 Å². The van der Waals surface area contributed by atoms with Crippen LogP contribution in [-0.4, -0.2) is 17.7 Å². The van der Waals surface area contributed by atoms with E-state index in [4.69, 9.17) is 15.1 Å². The Bertz CT molecular complexity index is 417. The molecule has 0 saturated carbocycles. The highest BCUT2D eigenvalue weighted by Gasteiger charge is 2.16. The Morgan fingerprint density at radius 3 is 2.88 bits per heavy atom. The number of carbonyl (C=O) groups is 1. The minimum atomic E-state index is -0.947. The Labute approximate surface area is 98.1 Å². The fourth-order valence-corrected chi connectivity index (χ4v) is 1.65. The first-order chi connectivity index (χ1) is 7.44. The topological polar surface area (TPSA) is 70.3 Å². The molecule has 1 aromatic rings. The van der Waals surface area contributed by atoms with Gasteiger partial charge >= 0.3 is 5.97 Å². The van der Waals surface area contributed by atoms with E-state index in [2.05, 4.69) is 6.07 Å². The predicted molar refractivity (Wildman–Crippen MR) is 60.8 cm³/mol. The van der Waals surface area contributed by atoms with E-state index in [1.165, 1.54) is 6.07 Å². The standard InChI is InChI=1S/C11H13NO3S/c1-11(2,7-12)3-4-15-8-5-9(10(13)14)16-6-8/h5-6H,3-4H2,1-2H3,(H,13,14). The average Bonchev–Trinajstić information content (AvgIpc) is 2.66. The van der Waals surface area contributed by atoms with Crippen LogP contribution in [0.1, 0.15) is 29.9 Å². The first-order valence-corrected chi connectivity index (χ1v) is 5.68. The number of ether oxygens (including phenoxy) is 1. The zero-order chi connectivity index (χ0) is 12.2. The first-order valence-electron chi connectivity index (χ1n) is 4.80. The van der Waals surface area contributed by atoms with Gasteiger partial charge < -0.3 is 9.84 Å². The van der Waals surface area contributed by atoms with Crippen molar-refractivity contribution in [1.29, 1.82) is 5.26 Å². The van der Waals surface area contributed by atoms with Gasteiger partial charge in [0, 0.05) is 11.4 Å². The number of carboxylic acids is 1. The third-order valence-corrected chi connectivity index (χ3v) is 2.98. The summed E-state index contributed by atoms with van der Waals surface area (Å²) in [6, 6.07) is 3.67. The maximum absolute atomic E-state index is 10.6. The van der Waals surface area contributed by atoms with Crippen molar-refractivity contribution in [3.05, 3.63) is 16.3 Å². The van der Waals surface area contributed by atoms with Crippen LogP contribution in [0, 0.1) is 16.7 Å². The van der Waals surface area contributed by atoms with Crippen LogP contribution in [0.15, 0.2) is 11.4 Å². The molecule has 0 amide bonds. The molecule has 1 N–H and O–H groups in total. The van der Waals surface area contributed by atoms with Gasteiger partial charge in [0.05, 0.1) is 18.1 Å². The second-order valence-corrected chi connectivity index (χ2v) is 4.96. The van der Waals surface area contributed by atoms with Crippen LogP contribution in [0.3, 0.4) is 0 Å². The van der Waals surface area contributed by atoms with E-state index in [1.807, 2.05) is 13.8 Å².